The van der Waals surface area contributed by atoms with Crippen molar-refractivity contribution in [3.05, 3.63) is 34.3 Å². The van der Waals surface area contributed by atoms with Crippen molar-refractivity contribution < 1.29 is 9.53 Å². The van der Waals surface area contributed by atoms with Crippen molar-refractivity contribution in [2.45, 2.75) is 25.3 Å². The molecule has 1 aliphatic heterocycles. The van der Waals surface area contributed by atoms with E-state index in [0.29, 0.717) is 25.7 Å². The fourth-order valence-electron chi connectivity index (χ4n) is 3.12. The van der Waals surface area contributed by atoms with Crippen LogP contribution in [0.1, 0.15) is 30.0 Å². The first-order valence-electron chi connectivity index (χ1n) is 7.61. The normalized spacial score (nSPS) is 21.4. The third-order valence-corrected chi connectivity index (χ3v) is 4.51. The molecular weight excluding hydrogens is 288 g/mol. The molecule has 114 valence electrons. The van der Waals surface area contributed by atoms with Crippen LogP contribution in [0.15, 0.2) is 18.2 Å². The molecule has 1 aromatic rings. The summed E-state index contributed by atoms with van der Waals surface area (Å²) in [5, 5.41) is 4.31. The Morgan fingerprint density at radius 2 is 2.19 bits per heavy atom. The number of carbonyl (C=O) groups excluding carboxylic acids is 1. The lowest BCUT2D eigenvalue weighted by Gasteiger charge is -2.27. The minimum Gasteiger partial charge on any atom is -0.378 e. The van der Waals surface area contributed by atoms with Crippen molar-refractivity contribution in [2.75, 3.05) is 32.8 Å². The summed E-state index contributed by atoms with van der Waals surface area (Å²) in [6.07, 6.45) is 2.70. The summed E-state index contributed by atoms with van der Waals surface area (Å²) in [6.45, 7) is 3.50. The van der Waals surface area contributed by atoms with Crippen molar-refractivity contribution in [3.8, 4) is 0 Å². The number of halogens is 1. The molecule has 4 nitrogen and oxygen atoms in total. The summed E-state index contributed by atoms with van der Waals surface area (Å²) in [4.78, 5) is 14.0. The summed E-state index contributed by atoms with van der Waals surface area (Å²) in [5.41, 5.74) is 2.66. The molecule has 1 fully saturated rings. The van der Waals surface area contributed by atoms with Gasteiger partial charge < -0.3 is 15.0 Å². The summed E-state index contributed by atoms with van der Waals surface area (Å²) >= 11 is 6.02. The van der Waals surface area contributed by atoms with E-state index in [9.17, 15) is 4.79 Å². The van der Waals surface area contributed by atoms with Crippen LogP contribution in [0, 0.1) is 0 Å². The largest absolute Gasteiger partial charge is 0.378 e. The first-order valence-corrected chi connectivity index (χ1v) is 7.99. The van der Waals surface area contributed by atoms with Gasteiger partial charge in [-0.3, -0.25) is 4.79 Å². The van der Waals surface area contributed by atoms with E-state index >= 15 is 0 Å². The molecule has 0 bridgehead atoms. The first-order chi connectivity index (χ1) is 10.2. The first kappa shape index (κ1) is 14.8. The number of fused-ring (bicyclic) bond motifs is 1. The van der Waals surface area contributed by atoms with Crippen LogP contribution in [-0.4, -0.2) is 43.7 Å². The summed E-state index contributed by atoms with van der Waals surface area (Å²) < 4.78 is 5.26. The number of morpholine rings is 1. The van der Waals surface area contributed by atoms with Gasteiger partial charge in [0.15, 0.2) is 0 Å². The average molecular weight is 309 g/mol. The Balaban J connectivity index is 1.47. The molecule has 1 N–H and O–H groups in total. The number of carbonyl (C=O) groups is 1. The van der Waals surface area contributed by atoms with E-state index in [-0.39, 0.29) is 5.91 Å². The van der Waals surface area contributed by atoms with Crippen molar-refractivity contribution >= 4 is 17.5 Å². The highest BCUT2D eigenvalue weighted by atomic mass is 35.5. The maximum atomic E-state index is 12.1. The van der Waals surface area contributed by atoms with Crippen molar-refractivity contribution in [1.29, 1.82) is 0 Å². The zero-order chi connectivity index (χ0) is 14.7. The Morgan fingerprint density at radius 1 is 1.38 bits per heavy atom. The average Bonchev–Trinajstić information content (AvgIpc) is 2.90. The molecule has 1 atom stereocenters. The second-order valence-corrected chi connectivity index (χ2v) is 6.07. The second-order valence-electron chi connectivity index (χ2n) is 5.63. The summed E-state index contributed by atoms with van der Waals surface area (Å²) in [5.74, 6) is 0.222. The number of ether oxygens (including phenoxy) is 1. The molecule has 1 aromatic carbocycles. The molecule has 1 unspecified atom stereocenters. The third kappa shape index (κ3) is 3.57. The van der Waals surface area contributed by atoms with Crippen molar-refractivity contribution in [3.63, 3.8) is 0 Å². The molecular formula is C16H21ClN2O2. The van der Waals surface area contributed by atoms with Gasteiger partial charge >= 0.3 is 0 Å². The lowest BCUT2D eigenvalue weighted by molar-refractivity contribution is -0.135. The molecule has 0 radical (unpaired) electrons. The zero-order valence-corrected chi connectivity index (χ0v) is 12.9. The van der Waals surface area contributed by atoms with E-state index in [1.54, 1.807) is 0 Å². The van der Waals surface area contributed by atoms with E-state index in [0.717, 1.165) is 37.5 Å². The van der Waals surface area contributed by atoms with E-state index in [1.165, 1.54) is 11.1 Å². The quantitative estimate of drug-likeness (QED) is 0.927. The minimum atomic E-state index is 0.222. The van der Waals surface area contributed by atoms with Crippen LogP contribution in [0.25, 0.3) is 0 Å². The van der Waals surface area contributed by atoms with Crippen LogP contribution in [0.5, 0.6) is 0 Å². The van der Waals surface area contributed by atoms with Gasteiger partial charge in [-0.2, -0.15) is 0 Å². The number of benzene rings is 1. The van der Waals surface area contributed by atoms with E-state index in [4.69, 9.17) is 16.3 Å². The number of aryl methyl sites for hydroxylation is 1. The van der Waals surface area contributed by atoms with Gasteiger partial charge in [-0.1, -0.05) is 17.7 Å². The number of hydrogen-bond donors (Lipinski definition) is 1. The maximum absolute atomic E-state index is 12.1. The van der Waals surface area contributed by atoms with Gasteiger partial charge in [0.05, 0.1) is 13.2 Å². The Kier molecular flexibility index (Phi) is 4.78. The fourth-order valence-corrected chi connectivity index (χ4v) is 3.32. The Labute approximate surface area is 130 Å². The van der Waals surface area contributed by atoms with E-state index in [1.807, 2.05) is 11.0 Å². The monoisotopic (exact) mass is 308 g/mol. The van der Waals surface area contributed by atoms with Gasteiger partial charge in [0.1, 0.15) is 0 Å². The number of amides is 1. The lowest BCUT2D eigenvalue weighted by Crippen LogP contribution is -2.41. The minimum absolute atomic E-state index is 0.222. The lowest BCUT2D eigenvalue weighted by atomic mass is 10.1. The number of rotatable bonds is 4. The molecule has 1 heterocycles. The van der Waals surface area contributed by atoms with Crippen molar-refractivity contribution in [1.82, 2.24) is 10.2 Å². The SMILES string of the molecule is O=C(CCNC1CCc2cc(Cl)ccc21)N1CCOCC1. The van der Waals surface area contributed by atoms with Gasteiger partial charge in [0.25, 0.3) is 0 Å². The Morgan fingerprint density at radius 3 is 3.00 bits per heavy atom. The molecule has 3 rings (SSSR count). The van der Waals surface area contributed by atoms with Gasteiger partial charge in [0, 0.05) is 37.1 Å². The molecule has 1 amide bonds. The number of nitrogens with zero attached hydrogens (tertiary/aromatic N) is 1. The molecule has 0 saturated carbocycles. The topological polar surface area (TPSA) is 41.6 Å². The highest BCUT2D eigenvalue weighted by Gasteiger charge is 2.22. The molecule has 21 heavy (non-hydrogen) atoms. The summed E-state index contributed by atoms with van der Waals surface area (Å²) in [6, 6.07) is 6.46. The second kappa shape index (κ2) is 6.77. The maximum Gasteiger partial charge on any atom is 0.224 e. The summed E-state index contributed by atoms with van der Waals surface area (Å²) in [7, 11) is 0. The van der Waals surface area contributed by atoms with Crippen LogP contribution in [0.2, 0.25) is 5.02 Å². The van der Waals surface area contributed by atoms with Crippen LogP contribution in [0.3, 0.4) is 0 Å². The van der Waals surface area contributed by atoms with Crippen LogP contribution in [0.4, 0.5) is 0 Å². The predicted molar refractivity (Wildman–Crippen MR) is 82.5 cm³/mol. The fraction of sp³-hybridized carbons (Fsp3) is 0.562. The number of hydrogen-bond acceptors (Lipinski definition) is 3. The van der Waals surface area contributed by atoms with Crippen LogP contribution >= 0.6 is 11.6 Å². The van der Waals surface area contributed by atoms with Gasteiger partial charge in [0.2, 0.25) is 5.91 Å². The Bertz CT molecular complexity index is 515. The van der Waals surface area contributed by atoms with E-state index in [2.05, 4.69) is 17.4 Å². The van der Waals surface area contributed by atoms with Crippen molar-refractivity contribution in [2.24, 2.45) is 0 Å². The van der Waals surface area contributed by atoms with E-state index < -0.39 is 0 Å². The van der Waals surface area contributed by atoms with Gasteiger partial charge in [-0.25, -0.2) is 0 Å². The molecule has 0 spiro atoms. The van der Waals surface area contributed by atoms with Crippen LogP contribution in [-0.2, 0) is 16.0 Å². The third-order valence-electron chi connectivity index (χ3n) is 4.28. The smallest absolute Gasteiger partial charge is 0.224 e. The highest BCUT2D eigenvalue weighted by Crippen LogP contribution is 2.32. The Hall–Kier alpha value is -1.10. The molecule has 1 saturated heterocycles. The van der Waals surface area contributed by atoms with Gasteiger partial charge in [-0.15, -0.1) is 0 Å². The molecule has 2 aliphatic rings. The standard InChI is InChI=1S/C16H21ClN2O2/c17-13-2-3-14-12(11-13)1-4-15(14)18-6-5-16(20)19-7-9-21-10-8-19/h2-3,11,15,18H,1,4-10H2. The van der Waals surface area contributed by atoms with Gasteiger partial charge in [-0.05, 0) is 36.1 Å². The molecule has 0 aromatic heterocycles. The highest BCUT2D eigenvalue weighted by molar-refractivity contribution is 6.30. The zero-order valence-electron chi connectivity index (χ0n) is 12.1. The number of nitrogens with one attached hydrogen (secondary N) is 1. The molecule has 5 heteroatoms. The molecule has 1 aliphatic carbocycles. The predicted octanol–water partition coefficient (Wildman–Crippen LogP) is 2.17. The van der Waals surface area contributed by atoms with Crippen LogP contribution < -0.4 is 5.32 Å².